The Bertz CT molecular complexity index is 595. The molecular weight excluding hydrogens is 264 g/mol. The van der Waals surface area contributed by atoms with E-state index < -0.39 is 0 Å². The van der Waals surface area contributed by atoms with E-state index in [1.807, 2.05) is 0 Å². The maximum Gasteiger partial charge on any atom is 0.0202 e. The average Bonchev–Trinajstić information content (AvgIpc) is 2.56. The molecule has 1 saturated carbocycles. The van der Waals surface area contributed by atoms with E-state index in [4.69, 9.17) is 0 Å². The molecule has 1 aliphatic rings. The number of benzene rings is 2. The molecule has 0 bridgehead atoms. The lowest BCUT2D eigenvalue weighted by Crippen LogP contribution is -2.30. The summed E-state index contributed by atoms with van der Waals surface area (Å²) in [6, 6.07) is 18.7. The maximum atomic E-state index is 2.39. The quantitative estimate of drug-likeness (QED) is 0.616. The van der Waals surface area contributed by atoms with E-state index in [2.05, 4.69) is 69.3 Å². The number of rotatable bonds is 3. The number of hydrogen-bond donors (Lipinski definition) is 0. The van der Waals surface area contributed by atoms with Crippen LogP contribution in [0.25, 0.3) is 0 Å². The summed E-state index contributed by atoms with van der Waals surface area (Å²) in [5, 5.41) is 0. The topological polar surface area (TPSA) is 0 Å². The van der Waals surface area contributed by atoms with Crippen LogP contribution >= 0.6 is 0 Å². The monoisotopic (exact) mass is 292 g/mol. The Morgan fingerprint density at radius 1 is 0.727 bits per heavy atom. The molecule has 3 rings (SSSR count). The molecule has 22 heavy (non-hydrogen) atoms. The zero-order valence-electron chi connectivity index (χ0n) is 14.2. The Morgan fingerprint density at radius 2 is 1.23 bits per heavy atom. The van der Waals surface area contributed by atoms with Crippen molar-refractivity contribution in [3.8, 4) is 0 Å². The summed E-state index contributed by atoms with van der Waals surface area (Å²) in [6.45, 7) is 6.71. The largest absolute Gasteiger partial charge is 0.0590 e. The molecule has 0 atom stereocenters. The summed E-state index contributed by atoms with van der Waals surface area (Å²) >= 11 is 0. The van der Waals surface area contributed by atoms with E-state index in [0.29, 0.717) is 5.92 Å². The number of aryl methyl sites for hydroxylation is 1. The van der Waals surface area contributed by atoms with E-state index >= 15 is 0 Å². The van der Waals surface area contributed by atoms with Gasteiger partial charge in [-0.25, -0.2) is 0 Å². The predicted octanol–water partition coefficient (Wildman–Crippen LogP) is 6.37. The fraction of sp³-hybridized carbons (Fsp3) is 0.455. The minimum absolute atomic E-state index is 0.238. The van der Waals surface area contributed by atoms with Crippen molar-refractivity contribution in [3.63, 3.8) is 0 Å². The molecule has 1 aliphatic carbocycles. The third kappa shape index (κ3) is 2.84. The fourth-order valence-electron chi connectivity index (χ4n) is 3.96. The molecule has 2 aromatic rings. The van der Waals surface area contributed by atoms with Crippen LogP contribution in [0.5, 0.6) is 0 Å². The van der Waals surface area contributed by atoms with Gasteiger partial charge in [0.25, 0.3) is 0 Å². The van der Waals surface area contributed by atoms with E-state index in [0.717, 1.165) is 0 Å². The Kier molecular flexibility index (Phi) is 4.38. The summed E-state index contributed by atoms with van der Waals surface area (Å²) in [4.78, 5) is 0. The molecule has 0 unspecified atom stereocenters. The van der Waals surface area contributed by atoms with Crippen molar-refractivity contribution in [3.05, 3.63) is 70.8 Å². The minimum Gasteiger partial charge on any atom is -0.0590 e. The van der Waals surface area contributed by atoms with Crippen molar-refractivity contribution in [2.45, 2.75) is 64.2 Å². The Labute approximate surface area is 135 Å². The lowest BCUT2D eigenvalue weighted by Gasteiger charge is -2.39. The minimum atomic E-state index is 0.238. The van der Waals surface area contributed by atoms with Gasteiger partial charge in [0, 0.05) is 5.41 Å². The standard InChI is InChI=1S/C22H28/c1-17(2)19-9-13-21(14-10-19)22(15-5-4-6-16-22)20-11-7-18(3)8-12-20/h7-14,17H,4-6,15-16H2,1-3H3. The SMILES string of the molecule is Cc1ccc(C2(c3ccc(C(C)C)cc3)CCCCC2)cc1. The van der Waals surface area contributed by atoms with Gasteiger partial charge in [0.1, 0.15) is 0 Å². The van der Waals surface area contributed by atoms with Crippen LogP contribution in [0.1, 0.15) is 74.1 Å². The molecule has 0 spiro atoms. The van der Waals surface area contributed by atoms with Gasteiger partial charge in [-0.3, -0.25) is 0 Å². The van der Waals surface area contributed by atoms with Crippen LogP contribution in [0, 0.1) is 6.92 Å². The molecule has 0 heteroatoms. The van der Waals surface area contributed by atoms with Crippen molar-refractivity contribution >= 4 is 0 Å². The van der Waals surface area contributed by atoms with Gasteiger partial charge in [-0.2, -0.15) is 0 Å². The predicted molar refractivity (Wildman–Crippen MR) is 95.6 cm³/mol. The van der Waals surface area contributed by atoms with Crippen LogP contribution in [0.4, 0.5) is 0 Å². The lowest BCUT2D eigenvalue weighted by molar-refractivity contribution is 0.346. The van der Waals surface area contributed by atoms with Gasteiger partial charge in [0.05, 0.1) is 0 Å². The molecule has 2 aromatic carbocycles. The van der Waals surface area contributed by atoms with Crippen LogP contribution in [0.2, 0.25) is 0 Å². The molecule has 0 aliphatic heterocycles. The first-order valence-electron chi connectivity index (χ1n) is 8.79. The Hall–Kier alpha value is -1.56. The lowest BCUT2D eigenvalue weighted by atomic mass is 9.65. The van der Waals surface area contributed by atoms with Gasteiger partial charge in [-0.15, -0.1) is 0 Å². The van der Waals surface area contributed by atoms with Gasteiger partial charge in [-0.1, -0.05) is 87.2 Å². The van der Waals surface area contributed by atoms with Crippen molar-refractivity contribution in [1.29, 1.82) is 0 Å². The number of hydrogen-bond acceptors (Lipinski definition) is 0. The highest BCUT2D eigenvalue weighted by atomic mass is 14.4. The fourth-order valence-corrected chi connectivity index (χ4v) is 3.96. The Morgan fingerprint density at radius 3 is 1.73 bits per heavy atom. The summed E-state index contributed by atoms with van der Waals surface area (Å²) in [6.07, 6.45) is 6.66. The zero-order chi connectivity index (χ0) is 15.6. The van der Waals surface area contributed by atoms with Crippen molar-refractivity contribution in [2.24, 2.45) is 0 Å². The molecule has 0 amide bonds. The average molecular weight is 292 g/mol. The third-order valence-corrected chi connectivity index (χ3v) is 5.44. The summed E-state index contributed by atoms with van der Waals surface area (Å²) < 4.78 is 0. The van der Waals surface area contributed by atoms with Gasteiger partial charge in [0.2, 0.25) is 0 Å². The molecule has 0 heterocycles. The van der Waals surface area contributed by atoms with Gasteiger partial charge < -0.3 is 0 Å². The van der Waals surface area contributed by atoms with Crippen LogP contribution < -0.4 is 0 Å². The van der Waals surface area contributed by atoms with Crippen LogP contribution in [0.3, 0.4) is 0 Å². The normalized spacial score (nSPS) is 17.6. The van der Waals surface area contributed by atoms with Gasteiger partial charge in [0.15, 0.2) is 0 Å². The first-order valence-corrected chi connectivity index (χ1v) is 8.79. The van der Waals surface area contributed by atoms with E-state index in [1.54, 1.807) is 0 Å². The van der Waals surface area contributed by atoms with Crippen LogP contribution in [0.15, 0.2) is 48.5 Å². The molecule has 0 saturated heterocycles. The van der Waals surface area contributed by atoms with Crippen molar-refractivity contribution in [1.82, 2.24) is 0 Å². The first-order chi connectivity index (χ1) is 10.6. The first kappa shape index (κ1) is 15.3. The molecule has 1 fully saturated rings. The molecule has 0 nitrogen and oxygen atoms in total. The second-order valence-corrected chi connectivity index (χ2v) is 7.29. The van der Waals surface area contributed by atoms with Gasteiger partial charge in [-0.05, 0) is 42.4 Å². The Balaban J connectivity index is 2.03. The molecule has 0 radical (unpaired) electrons. The van der Waals surface area contributed by atoms with Crippen molar-refractivity contribution < 1.29 is 0 Å². The van der Waals surface area contributed by atoms with Crippen molar-refractivity contribution in [2.75, 3.05) is 0 Å². The highest BCUT2D eigenvalue weighted by molar-refractivity contribution is 5.42. The molecule has 0 N–H and O–H groups in total. The maximum absolute atomic E-state index is 2.39. The third-order valence-electron chi connectivity index (χ3n) is 5.44. The summed E-state index contributed by atoms with van der Waals surface area (Å²) in [5.41, 5.74) is 6.06. The smallest absolute Gasteiger partial charge is 0.0202 e. The van der Waals surface area contributed by atoms with E-state index in [-0.39, 0.29) is 5.41 Å². The van der Waals surface area contributed by atoms with E-state index in [9.17, 15) is 0 Å². The zero-order valence-corrected chi connectivity index (χ0v) is 14.2. The van der Waals surface area contributed by atoms with E-state index in [1.165, 1.54) is 54.4 Å². The second kappa shape index (κ2) is 6.28. The van der Waals surface area contributed by atoms with Crippen LogP contribution in [-0.2, 0) is 5.41 Å². The van der Waals surface area contributed by atoms with Crippen LogP contribution in [-0.4, -0.2) is 0 Å². The second-order valence-electron chi connectivity index (χ2n) is 7.29. The summed E-state index contributed by atoms with van der Waals surface area (Å²) in [5.74, 6) is 0.607. The molecule has 0 aromatic heterocycles. The highest BCUT2D eigenvalue weighted by Gasteiger charge is 2.35. The molecule has 116 valence electrons. The summed E-state index contributed by atoms with van der Waals surface area (Å²) in [7, 11) is 0. The molecular formula is C22H28. The van der Waals surface area contributed by atoms with Gasteiger partial charge >= 0.3 is 0 Å². The highest BCUT2D eigenvalue weighted by Crippen LogP contribution is 2.45.